The zero-order valence-corrected chi connectivity index (χ0v) is 28.1. The second-order valence-corrected chi connectivity index (χ2v) is 11.5. The third kappa shape index (κ3) is 9.92. The van der Waals surface area contributed by atoms with E-state index in [9.17, 15) is 43.8 Å². The summed E-state index contributed by atoms with van der Waals surface area (Å²) in [6.07, 6.45) is -2.16. The van der Waals surface area contributed by atoms with Gasteiger partial charge in [-0.05, 0) is 98.8 Å². The number of nitrogens with one attached hydrogen (secondary N) is 5. The minimum absolute atomic E-state index is 0.0163. The summed E-state index contributed by atoms with van der Waals surface area (Å²) in [5.41, 5.74) is 5.95. The third-order valence-corrected chi connectivity index (χ3v) is 7.33. The SMILES string of the molecule is CC(C)Oc1c(NC(=O)c2ccc(NC(=O)C(NC(=O)c3ccc(NC=O)cc3)C(O)C(N)=O)cc2)ccc(C(=O)Nc2ccc(C(=O)O)cc2)c1O. The molecular formula is C36H34N6O11. The van der Waals surface area contributed by atoms with Crippen molar-refractivity contribution < 1.29 is 53.6 Å². The molecule has 0 bridgehead atoms. The molecule has 4 aromatic rings. The Morgan fingerprint density at radius 2 is 1.23 bits per heavy atom. The van der Waals surface area contributed by atoms with E-state index in [-0.39, 0.29) is 45.1 Å². The lowest BCUT2D eigenvalue weighted by atomic mass is 10.1. The Bertz CT molecular complexity index is 2030. The van der Waals surface area contributed by atoms with Crippen molar-refractivity contribution in [2.45, 2.75) is 32.1 Å². The van der Waals surface area contributed by atoms with Gasteiger partial charge in [0.15, 0.2) is 17.6 Å². The van der Waals surface area contributed by atoms with Crippen LogP contribution in [0.1, 0.15) is 55.3 Å². The number of carbonyl (C=O) groups excluding carboxylic acids is 6. The van der Waals surface area contributed by atoms with Crippen LogP contribution in [0.3, 0.4) is 0 Å². The number of phenols is 1. The Morgan fingerprint density at radius 1 is 0.698 bits per heavy atom. The molecule has 17 nitrogen and oxygen atoms in total. The van der Waals surface area contributed by atoms with Crippen LogP contribution in [-0.2, 0) is 14.4 Å². The van der Waals surface area contributed by atoms with Crippen LogP contribution in [0.4, 0.5) is 22.7 Å². The Kier molecular flexibility index (Phi) is 12.4. The molecule has 17 heteroatoms. The number of aromatic carboxylic acids is 1. The van der Waals surface area contributed by atoms with Gasteiger partial charge in [0.1, 0.15) is 6.04 Å². The number of phenolic OH excluding ortho intramolecular Hbond substituents is 1. The van der Waals surface area contributed by atoms with Crippen LogP contribution < -0.4 is 37.1 Å². The van der Waals surface area contributed by atoms with E-state index < -0.39 is 59.5 Å². The quantitative estimate of drug-likeness (QED) is 0.0803. The first-order chi connectivity index (χ1) is 25.2. The van der Waals surface area contributed by atoms with Gasteiger partial charge in [-0.1, -0.05) is 0 Å². The molecule has 2 atom stereocenters. The zero-order valence-electron chi connectivity index (χ0n) is 28.1. The van der Waals surface area contributed by atoms with Gasteiger partial charge < -0.3 is 52.4 Å². The fourth-order valence-corrected chi connectivity index (χ4v) is 4.68. The van der Waals surface area contributed by atoms with Gasteiger partial charge in [0, 0.05) is 28.2 Å². The van der Waals surface area contributed by atoms with E-state index in [1.165, 1.54) is 84.9 Å². The summed E-state index contributed by atoms with van der Waals surface area (Å²) in [7, 11) is 0. The lowest BCUT2D eigenvalue weighted by Crippen LogP contribution is -2.55. The fourth-order valence-electron chi connectivity index (χ4n) is 4.68. The molecule has 0 spiro atoms. The highest BCUT2D eigenvalue weighted by molar-refractivity contribution is 6.10. The van der Waals surface area contributed by atoms with Crippen LogP contribution in [0, 0.1) is 0 Å². The summed E-state index contributed by atoms with van der Waals surface area (Å²) in [6, 6.07) is 17.0. The molecule has 2 unspecified atom stereocenters. The molecule has 0 heterocycles. The number of hydrogen-bond donors (Lipinski definition) is 9. The topological polar surface area (TPSA) is 276 Å². The lowest BCUT2D eigenvalue weighted by Gasteiger charge is -2.21. The molecular weight excluding hydrogens is 692 g/mol. The van der Waals surface area contributed by atoms with Gasteiger partial charge in [-0.15, -0.1) is 0 Å². The van der Waals surface area contributed by atoms with Gasteiger partial charge in [0.2, 0.25) is 18.2 Å². The Hall–Kier alpha value is -7.27. The average Bonchev–Trinajstić information content (AvgIpc) is 3.12. The maximum atomic E-state index is 13.2. The van der Waals surface area contributed by atoms with E-state index in [0.717, 1.165) is 0 Å². The van der Waals surface area contributed by atoms with E-state index in [1.54, 1.807) is 13.8 Å². The highest BCUT2D eigenvalue weighted by Crippen LogP contribution is 2.39. The van der Waals surface area contributed by atoms with E-state index in [2.05, 4.69) is 26.6 Å². The molecule has 0 aliphatic rings. The number of aromatic hydroxyl groups is 1. The summed E-state index contributed by atoms with van der Waals surface area (Å²) in [6.45, 7) is 3.33. The van der Waals surface area contributed by atoms with Crippen LogP contribution in [0.5, 0.6) is 11.5 Å². The number of anilines is 4. The molecule has 4 rings (SSSR count). The van der Waals surface area contributed by atoms with Gasteiger partial charge in [0.25, 0.3) is 17.7 Å². The Labute approximate surface area is 301 Å². The van der Waals surface area contributed by atoms with Gasteiger partial charge in [-0.25, -0.2) is 4.79 Å². The first-order valence-corrected chi connectivity index (χ1v) is 15.7. The van der Waals surface area contributed by atoms with E-state index in [0.29, 0.717) is 12.1 Å². The number of carbonyl (C=O) groups is 7. The largest absolute Gasteiger partial charge is 0.504 e. The Balaban J connectivity index is 1.47. The van der Waals surface area contributed by atoms with Crippen molar-refractivity contribution in [2.75, 3.05) is 21.3 Å². The van der Waals surface area contributed by atoms with Gasteiger partial charge in [-0.3, -0.25) is 28.8 Å². The average molecular weight is 727 g/mol. The minimum Gasteiger partial charge on any atom is -0.504 e. The van der Waals surface area contributed by atoms with Crippen LogP contribution in [0.15, 0.2) is 84.9 Å². The zero-order chi connectivity index (χ0) is 38.8. The molecule has 0 aromatic heterocycles. The number of nitrogens with two attached hydrogens (primary N) is 1. The van der Waals surface area contributed by atoms with Crippen molar-refractivity contribution in [2.24, 2.45) is 5.73 Å². The first-order valence-electron chi connectivity index (χ1n) is 15.7. The van der Waals surface area contributed by atoms with Gasteiger partial charge in [0.05, 0.1) is 22.9 Å². The minimum atomic E-state index is -2.11. The summed E-state index contributed by atoms with van der Waals surface area (Å²) in [5, 5.41) is 42.7. The van der Waals surface area contributed by atoms with Crippen molar-refractivity contribution in [1.29, 1.82) is 0 Å². The number of primary amides is 1. The number of rotatable bonds is 15. The van der Waals surface area contributed by atoms with E-state index >= 15 is 0 Å². The second-order valence-electron chi connectivity index (χ2n) is 11.5. The number of benzene rings is 4. The van der Waals surface area contributed by atoms with Gasteiger partial charge >= 0.3 is 5.97 Å². The molecule has 274 valence electrons. The number of carboxylic acids is 1. The first kappa shape index (κ1) is 38.5. The van der Waals surface area contributed by atoms with Crippen LogP contribution in [-0.4, -0.2) is 75.5 Å². The molecule has 6 amide bonds. The number of carboxylic acid groups (broad SMARTS) is 1. The molecule has 0 radical (unpaired) electrons. The predicted molar refractivity (Wildman–Crippen MR) is 191 cm³/mol. The maximum Gasteiger partial charge on any atom is 0.335 e. The highest BCUT2D eigenvalue weighted by atomic mass is 16.5. The van der Waals surface area contributed by atoms with E-state index in [4.69, 9.17) is 15.6 Å². The van der Waals surface area contributed by atoms with Crippen molar-refractivity contribution in [3.63, 3.8) is 0 Å². The van der Waals surface area contributed by atoms with Crippen molar-refractivity contribution in [1.82, 2.24) is 5.32 Å². The number of hydrogen-bond acceptors (Lipinski definition) is 10. The standard InChI is InChI=1S/C36H34N6O11/c1-18(2)53-30-26(16-15-25(28(30)44)34(49)39-23-13-7-21(8-14-23)36(51)52)41-32(47)19-5-11-24(12-6-19)40-35(50)27(29(45)31(37)46)42-33(48)20-3-9-22(10-4-20)38-17-43/h3-18,27,29,44-45H,1-2H3,(H2,37,46)(H,38,43)(H,39,49)(H,40,50)(H,41,47)(H,42,48)(H,51,52). The smallest absolute Gasteiger partial charge is 0.335 e. The molecule has 10 N–H and O–H groups in total. The number of aliphatic hydroxyl groups excluding tert-OH is 1. The molecule has 4 aromatic carbocycles. The molecule has 0 saturated heterocycles. The molecule has 53 heavy (non-hydrogen) atoms. The third-order valence-electron chi connectivity index (χ3n) is 7.33. The van der Waals surface area contributed by atoms with E-state index in [1.807, 2.05) is 0 Å². The number of aliphatic hydroxyl groups is 1. The normalized spacial score (nSPS) is 11.7. The van der Waals surface area contributed by atoms with Crippen LogP contribution in [0.2, 0.25) is 0 Å². The van der Waals surface area contributed by atoms with Crippen molar-refractivity contribution in [3.05, 3.63) is 107 Å². The number of ether oxygens (including phenoxy) is 1. The monoisotopic (exact) mass is 726 g/mol. The number of amides is 6. The van der Waals surface area contributed by atoms with Gasteiger partial charge in [-0.2, -0.15) is 0 Å². The lowest BCUT2D eigenvalue weighted by molar-refractivity contribution is -0.132. The maximum absolute atomic E-state index is 13.2. The summed E-state index contributed by atoms with van der Waals surface area (Å²) < 4.78 is 5.73. The summed E-state index contributed by atoms with van der Waals surface area (Å²) in [5.74, 6) is -6.42. The fraction of sp³-hybridized carbons (Fsp3) is 0.139. The van der Waals surface area contributed by atoms with Crippen LogP contribution >= 0.6 is 0 Å². The van der Waals surface area contributed by atoms with Crippen molar-refractivity contribution in [3.8, 4) is 11.5 Å². The molecule has 0 aliphatic carbocycles. The molecule has 0 saturated carbocycles. The second kappa shape index (κ2) is 17.1. The summed E-state index contributed by atoms with van der Waals surface area (Å²) in [4.78, 5) is 85.5. The Morgan fingerprint density at radius 3 is 1.75 bits per heavy atom. The van der Waals surface area contributed by atoms with Crippen molar-refractivity contribution >= 4 is 64.7 Å². The molecule has 0 fully saturated rings. The highest BCUT2D eigenvalue weighted by Gasteiger charge is 2.33. The molecule has 0 aliphatic heterocycles. The predicted octanol–water partition coefficient (Wildman–Crippen LogP) is 2.53. The van der Waals surface area contributed by atoms with Crippen LogP contribution in [0.25, 0.3) is 0 Å². The summed E-state index contributed by atoms with van der Waals surface area (Å²) >= 11 is 0.